The van der Waals surface area contributed by atoms with Gasteiger partial charge in [-0.2, -0.15) is 13.2 Å². The highest BCUT2D eigenvalue weighted by molar-refractivity contribution is 5.86. The Balaban J connectivity index is 1.85. The van der Waals surface area contributed by atoms with Gasteiger partial charge in [-0.1, -0.05) is 42.5 Å². The summed E-state index contributed by atoms with van der Waals surface area (Å²) in [5.74, 6) is 0.223. The number of rotatable bonds is 7. The lowest BCUT2D eigenvalue weighted by molar-refractivity contribution is -0.137. The second kappa shape index (κ2) is 10.3. The molecule has 0 aliphatic heterocycles. The zero-order chi connectivity index (χ0) is 20.4. The number of hydrogen-bond donors (Lipinski definition) is 3. The van der Waals surface area contributed by atoms with Gasteiger partial charge in [0.15, 0.2) is 5.96 Å². The van der Waals surface area contributed by atoms with Crippen LogP contribution in [0.25, 0.3) is 0 Å². The van der Waals surface area contributed by atoms with E-state index in [1.54, 1.807) is 0 Å². The second-order valence-electron chi connectivity index (χ2n) is 6.01. The van der Waals surface area contributed by atoms with Crippen LogP contribution in [-0.2, 0) is 24.1 Å². The molecule has 1 amide bonds. The van der Waals surface area contributed by atoms with Gasteiger partial charge in [0.2, 0.25) is 5.91 Å². The molecule has 0 saturated heterocycles. The minimum absolute atomic E-state index is 0.0334. The number of aliphatic imine (C=N–C) groups is 1. The van der Waals surface area contributed by atoms with Crippen LogP contribution < -0.4 is 16.0 Å². The highest BCUT2D eigenvalue weighted by atomic mass is 19.4. The van der Waals surface area contributed by atoms with Crippen LogP contribution in [0, 0.1) is 0 Å². The Morgan fingerprint density at radius 2 is 1.61 bits per heavy atom. The van der Waals surface area contributed by atoms with Gasteiger partial charge in [-0.15, -0.1) is 0 Å². The average molecular weight is 392 g/mol. The molecule has 8 heteroatoms. The highest BCUT2D eigenvalue weighted by Crippen LogP contribution is 2.29. The topological polar surface area (TPSA) is 65.5 Å². The van der Waals surface area contributed by atoms with Gasteiger partial charge in [-0.25, -0.2) is 4.99 Å². The van der Waals surface area contributed by atoms with E-state index in [1.807, 2.05) is 37.3 Å². The Labute approximate surface area is 162 Å². The summed E-state index contributed by atoms with van der Waals surface area (Å²) in [5.41, 5.74) is 0.942. The first-order chi connectivity index (χ1) is 13.4. The molecule has 150 valence electrons. The predicted octanol–water partition coefficient (Wildman–Crippen LogP) is 3.08. The molecule has 0 fully saturated rings. The summed E-state index contributed by atoms with van der Waals surface area (Å²) in [4.78, 5) is 16.3. The minimum atomic E-state index is -4.36. The number of guanidine groups is 1. The Morgan fingerprint density at radius 3 is 2.21 bits per heavy atom. The second-order valence-corrected chi connectivity index (χ2v) is 6.01. The van der Waals surface area contributed by atoms with Gasteiger partial charge in [0.1, 0.15) is 0 Å². The smallest absolute Gasteiger partial charge is 0.357 e. The maximum atomic E-state index is 12.6. The quantitative estimate of drug-likeness (QED) is 0.501. The Bertz CT molecular complexity index is 774. The SMILES string of the molecule is CCNC(=NCc1ccc(C(F)(F)F)cc1)NCC(=O)NCc1ccccc1. The Hall–Kier alpha value is -3.03. The summed E-state index contributed by atoms with van der Waals surface area (Å²) in [6, 6.07) is 14.4. The van der Waals surface area contributed by atoms with E-state index < -0.39 is 11.7 Å². The zero-order valence-electron chi connectivity index (χ0n) is 15.5. The van der Waals surface area contributed by atoms with Crippen molar-refractivity contribution >= 4 is 11.9 Å². The molecule has 5 nitrogen and oxygen atoms in total. The zero-order valence-corrected chi connectivity index (χ0v) is 15.5. The van der Waals surface area contributed by atoms with Crippen molar-refractivity contribution in [2.45, 2.75) is 26.2 Å². The lowest BCUT2D eigenvalue weighted by atomic mass is 10.1. The maximum Gasteiger partial charge on any atom is 0.416 e. The van der Waals surface area contributed by atoms with Crippen LogP contribution in [0.1, 0.15) is 23.6 Å². The summed E-state index contributed by atoms with van der Waals surface area (Å²) >= 11 is 0. The summed E-state index contributed by atoms with van der Waals surface area (Å²) in [6.45, 7) is 3.13. The molecule has 0 bridgehead atoms. The molecule has 0 unspecified atom stereocenters. The van der Waals surface area contributed by atoms with E-state index in [0.717, 1.165) is 17.7 Å². The lowest BCUT2D eigenvalue weighted by Gasteiger charge is -2.12. The van der Waals surface area contributed by atoms with Crippen molar-refractivity contribution in [3.8, 4) is 0 Å². The number of benzene rings is 2. The van der Waals surface area contributed by atoms with Gasteiger partial charge in [0, 0.05) is 13.1 Å². The first-order valence-corrected chi connectivity index (χ1v) is 8.87. The van der Waals surface area contributed by atoms with Crippen LogP contribution in [0.2, 0.25) is 0 Å². The third kappa shape index (κ3) is 7.30. The van der Waals surface area contributed by atoms with Crippen molar-refractivity contribution in [3.63, 3.8) is 0 Å². The van der Waals surface area contributed by atoms with Gasteiger partial charge < -0.3 is 16.0 Å². The molecule has 2 rings (SSSR count). The highest BCUT2D eigenvalue weighted by Gasteiger charge is 2.29. The number of carbonyl (C=O) groups excluding carboxylic acids is 1. The fourth-order valence-corrected chi connectivity index (χ4v) is 2.33. The molecule has 0 saturated carbocycles. The fraction of sp³-hybridized carbons (Fsp3) is 0.300. The van der Waals surface area contributed by atoms with Crippen LogP contribution in [0.15, 0.2) is 59.6 Å². The van der Waals surface area contributed by atoms with Gasteiger partial charge >= 0.3 is 6.18 Å². The number of carbonyl (C=O) groups is 1. The largest absolute Gasteiger partial charge is 0.416 e. The first-order valence-electron chi connectivity index (χ1n) is 8.87. The molecule has 0 spiro atoms. The van der Waals surface area contributed by atoms with Gasteiger partial charge in [0.25, 0.3) is 0 Å². The number of hydrogen-bond acceptors (Lipinski definition) is 2. The van der Waals surface area contributed by atoms with E-state index in [-0.39, 0.29) is 19.0 Å². The van der Waals surface area contributed by atoms with Crippen molar-refractivity contribution in [1.82, 2.24) is 16.0 Å². The molecule has 0 aliphatic carbocycles. The molecule has 0 aromatic heterocycles. The summed E-state index contributed by atoms with van der Waals surface area (Å²) < 4.78 is 37.8. The minimum Gasteiger partial charge on any atom is -0.357 e. The number of alkyl halides is 3. The first kappa shape index (κ1) is 21.3. The third-order valence-corrected chi connectivity index (χ3v) is 3.79. The van der Waals surface area contributed by atoms with Crippen molar-refractivity contribution in [3.05, 3.63) is 71.3 Å². The fourth-order valence-electron chi connectivity index (χ4n) is 2.33. The monoisotopic (exact) mass is 392 g/mol. The van der Waals surface area contributed by atoms with Gasteiger partial charge in [-0.05, 0) is 30.2 Å². The number of nitrogens with zero attached hydrogens (tertiary/aromatic N) is 1. The van der Waals surface area contributed by atoms with Gasteiger partial charge in [0.05, 0.1) is 18.7 Å². The molecule has 0 atom stereocenters. The Kier molecular flexibility index (Phi) is 7.86. The molecular formula is C20H23F3N4O. The molecule has 0 radical (unpaired) electrons. The van der Waals surface area contributed by atoms with E-state index in [1.165, 1.54) is 12.1 Å². The van der Waals surface area contributed by atoms with Crippen LogP contribution in [0.4, 0.5) is 13.2 Å². The summed E-state index contributed by atoms with van der Waals surface area (Å²) in [6.07, 6.45) is -4.36. The number of halogens is 3. The van der Waals surface area contributed by atoms with Crippen LogP contribution in [-0.4, -0.2) is 25.0 Å². The van der Waals surface area contributed by atoms with E-state index in [2.05, 4.69) is 20.9 Å². The summed E-state index contributed by atoms with van der Waals surface area (Å²) in [5, 5.41) is 8.71. The summed E-state index contributed by atoms with van der Waals surface area (Å²) in [7, 11) is 0. The van der Waals surface area contributed by atoms with E-state index in [0.29, 0.717) is 24.6 Å². The van der Waals surface area contributed by atoms with Gasteiger partial charge in [-0.3, -0.25) is 4.79 Å². The van der Waals surface area contributed by atoms with E-state index >= 15 is 0 Å². The normalized spacial score (nSPS) is 11.8. The van der Waals surface area contributed by atoms with Crippen molar-refractivity contribution in [2.24, 2.45) is 4.99 Å². The number of amides is 1. The van der Waals surface area contributed by atoms with Crippen molar-refractivity contribution < 1.29 is 18.0 Å². The molecule has 2 aromatic rings. The molecule has 28 heavy (non-hydrogen) atoms. The van der Waals surface area contributed by atoms with Crippen LogP contribution in [0.5, 0.6) is 0 Å². The lowest BCUT2D eigenvalue weighted by Crippen LogP contribution is -2.43. The average Bonchev–Trinajstić information content (AvgIpc) is 2.69. The molecular weight excluding hydrogens is 369 g/mol. The maximum absolute atomic E-state index is 12.6. The molecule has 0 heterocycles. The molecule has 0 aliphatic rings. The van der Waals surface area contributed by atoms with E-state index in [4.69, 9.17) is 0 Å². The van der Waals surface area contributed by atoms with Crippen LogP contribution in [0.3, 0.4) is 0 Å². The Morgan fingerprint density at radius 1 is 0.929 bits per heavy atom. The van der Waals surface area contributed by atoms with Crippen molar-refractivity contribution in [1.29, 1.82) is 0 Å². The molecule has 2 aromatic carbocycles. The van der Waals surface area contributed by atoms with Crippen LogP contribution >= 0.6 is 0 Å². The number of nitrogens with one attached hydrogen (secondary N) is 3. The standard InChI is InChI=1S/C20H23F3N4O/c1-2-24-19(26-13-16-8-10-17(11-9-16)20(21,22)23)27-14-18(28)25-12-15-6-4-3-5-7-15/h3-11H,2,12-14H2,1H3,(H,25,28)(H2,24,26,27). The molecule has 3 N–H and O–H groups in total. The third-order valence-electron chi connectivity index (χ3n) is 3.79. The van der Waals surface area contributed by atoms with Crippen molar-refractivity contribution in [2.75, 3.05) is 13.1 Å². The van der Waals surface area contributed by atoms with E-state index in [9.17, 15) is 18.0 Å². The predicted molar refractivity (Wildman–Crippen MR) is 103 cm³/mol.